The Morgan fingerprint density at radius 3 is 2.56 bits per heavy atom. The highest BCUT2D eigenvalue weighted by molar-refractivity contribution is 7.80. The Kier molecular flexibility index (Phi) is 3.93. The largest absolute Gasteiger partial charge is 0.389 e. The van der Waals surface area contributed by atoms with E-state index in [9.17, 15) is 4.79 Å². The van der Waals surface area contributed by atoms with E-state index in [1.165, 1.54) is 0 Å². The highest BCUT2D eigenvalue weighted by Crippen LogP contribution is 2.11. The average Bonchev–Trinajstić information content (AvgIpc) is 2.38. The minimum Gasteiger partial charge on any atom is -0.389 e. The van der Waals surface area contributed by atoms with Gasteiger partial charge in [0.15, 0.2) is 0 Å². The van der Waals surface area contributed by atoms with Crippen molar-refractivity contribution in [1.29, 1.82) is 0 Å². The van der Waals surface area contributed by atoms with Crippen molar-refractivity contribution in [3.8, 4) is 0 Å². The molecule has 1 heterocycles. The number of hydrogen-bond donors (Lipinski definition) is 1. The number of ether oxygens (including phenoxy) is 1. The van der Waals surface area contributed by atoms with Gasteiger partial charge in [0.05, 0.1) is 12.7 Å². The van der Waals surface area contributed by atoms with Gasteiger partial charge in [-0.25, -0.2) is 0 Å². The lowest BCUT2D eigenvalue weighted by molar-refractivity contribution is -0.0124. The van der Waals surface area contributed by atoms with Crippen molar-refractivity contribution in [2.75, 3.05) is 19.7 Å². The van der Waals surface area contributed by atoms with E-state index in [1.54, 1.807) is 24.3 Å². The minimum atomic E-state index is 0.0274. The lowest BCUT2D eigenvalue weighted by atomic mass is 10.1. The van der Waals surface area contributed by atoms with Gasteiger partial charge in [-0.15, -0.1) is 0 Å². The fourth-order valence-electron chi connectivity index (χ4n) is 1.96. The van der Waals surface area contributed by atoms with Crippen LogP contribution in [-0.2, 0) is 4.74 Å². The van der Waals surface area contributed by atoms with Gasteiger partial charge in [-0.2, -0.15) is 0 Å². The van der Waals surface area contributed by atoms with E-state index in [1.807, 2.05) is 11.8 Å². The van der Waals surface area contributed by atoms with Crippen molar-refractivity contribution in [3.05, 3.63) is 35.4 Å². The number of thiocarbonyl (C=S) groups is 1. The number of carbonyl (C=O) groups excluding carboxylic acids is 1. The van der Waals surface area contributed by atoms with Crippen molar-refractivity contribution in [1.82, 2.24) is 4.90 Å². The van der Waals surface area contributed by atoms with Crippen LogP contribution in [0.4, 0.5) is 0 Å². The molecule has 0 bridgehead atoms. The Bertz CT molecular complexity index is 459. The van der Waals surface area contributed by atoms with Gasteiger partial charge in [-0.3, -0.25) is 4.79 Å². The zero-order chi connectivity index (χ0) is 13.1. The van der Waals surface area contributed by atoms with E-state index in [2.05, 4.69) is 0 Å². The number of hydrogen-bond acceptors (Lipinski definition) is 3. The van der Waals surface area contributed by atoms with Crippen LogP contribution in [0.2, 0.25) is 0 Å². The number of nitrogens with two attached hydrogens (primary N) is 1. The van der Waals surface area contributed by atoms with Crippen molar-refractivity contribution < 1.29 is 9.53 Å². The summed E-state index contributed by atoms with van der Waals surface area (Å²) in [6.07, 6.45) is 0.0959. The first-order valence-electron chi connectivity index (χ1n) is 5.88. The first kappa shape index (κ1) is 13.0. The molecule has 1 aromatic carbocycles. The molecule has 2 rings (SSSR count). The van der Waals surface area contributed by atoms with Crippen LogP contribution in [0, 0.1) is 0 Å². The first-order valence-corrected chi connectivity index (χ1v) is 6.29. The van der Waals surface area contributed by atoms with Crippen LogP contribution in [0.1, 0.15) is 22.8 Å². The highest BCUT2D eigenvalue weighted by atomic mass is 32.1. The SMILES string of the molecule is CC1CN(C(=O)c2ccc(C(N)=S)cc2)CCO1. The summed E-state index contributed by atoms with van der Waals surface area (Å²) in [7, 11) is 0. The molecule has 1 unspecified atom stereocenters. The molecule has 0 radical (unpaired) electrons. The molecule has 1 saturated heterocycles. The average molecular weight is 264 g/mol. The lowest BCUT2D eigenvalue weighted by Gasteiger charge is -2.31. The summed E-state index contributed by atoms with van der Waals surface area (Å²) in [5.41, 5.74) is 6.95. The maximum absolute atomic E-state index is 12.2. The normalized spacial score (nSPS) is 19.6. The molecule has 1 amide bonds. The van der Waals surface area contributed by atoms with Crippen LogP contribution in [-0.4, -0.2) is 41.6 Å². The predicted octanol–water partition coefficient (Wildman–Crippen LogP) is 1.18. The zero-order valence-electron chi connectivity index (χ0n) is 10.3. The predicted molar refractivity (Wildman–Crippen MR) is 73.6 cm³/mol. The van der Waals surface area contributed by atoms with Crippen LogP contribution < -0.4 is 5.73 Å². The van der Waals surface area contributed by atoms with Crippen LogP contribution in [0.15, 0.2) is 24.3 Å². The molecule has 1 fully saturated rings. The summed E-state index contributed by atoms with van der Waals surface area (Å²) in [5.74, 6) is 0.0274. The van der Waals surface area contributed by atoms with Crippen molar-refractivity contribution >= 4 is 23.1 Å². The van der Waals surface area contributed by atoms with Gasteiger partial charge in [0.1, 0.15) is 4.99 Å². The summed E-state index contributed by atoms with van der Waals surface area (Å²) < 4.78 is 5.42. The van der Waals surface area contributed by atoms with Gasteiger partial charge in [0.2, 0.25) is 0 Å². The van der Waals surface area contributed by atoms with E-state index in [-0.39, 0.29) is 12.0 Å². The van der Waals surface area contributed by atoms with E-state index < -0.39 is 0 Å². The smallest absolute Gasteiger partial charge is 0.254 e. The Labute approximate surface area is 112 Å². The molecule has 1 aliphatic rings. The van der Waals surface area contributed by atoms with Gasteiger partial charge in [0, 0.05) is 24.2 Å². The first-order chi connectivity index (χ1) is 8.58. The van der Waals surface area contributed by atoms with E-state index in [0.717, 1.165) is 5.56 Å². The second-order valence-corrected chi connectivity index (χ2v) is 4.81. The molecule has 2 N–H and O–H groups in total. The number of nitrogens with zero attached hydrogens (tertiary/aromatic N) is 1. The second-order valence-electron chi connectivity index (χ2n) is 4.37. The van der Waals surface area contributed by atoms with E-state index in [0.29, 0.717) is 30.2 Å². The fourth-order valence-corrected chi connectivity index (χ4v) is 2.10. The maximum Gasteiger partial charge on any atom is 0.254 e. The Morgan fingerprint density at radius 2 is 2.00 bits per heavy atom. The number of carbonyl (C=O) groups is 1. The minimum absolute atomic E-state index is 0.0274. The van der Waals surface area contributed by atoms with Gasteiger partial charge >= 0.3 is 0 Å². The molecular formula is C13H16N2O2S. The summed E-state index contributed by atoms with van der Waals surface area (Å²) in [4.78, 5) is 14.4. The Balaban J connectivity index is 2.10. The number of rotatable bonds is 2. The molecule has 0 saturated carbocycles. The standard InChI is InChI=1S/C13H16N2O2S/c1-9-8-15(6-7-17-9)13(16)11-4-2-10(3-5-11)12(14)18/h2-5,9H,6-8H2,1H3,(H2,14,18). The van der Waals surface area contributed by atoms with Crippen molar-refractivity contribution in [2.24, 2.45) is 5.73 Å². The summed E-state index contributed by atoms with van der Waals surface area (Å²) in [5, 5.41) is 0. The van der Waals surface area contributed by atoms with Crippen molar-refractivity contribution in [2.45, 2.75) is 13.0 Å². The summed E-state index contributed by atoms with van der Waals surface area (Å²) in [6, 6.07) is 7.08. The zero-order valence-corrected chi connectivity index (χ0v) is 11.1. The molecule has 0 aromatic heterocycles. The molecule has 96 valence electrons. The summed E-state index contributed by atoms with van der Waals surface area (Å²) >= 11 is 4.88. The lowest BCUT2D eigenvalue weighted by Crippen LogP contribution is -2.44. The molecule has 0 spiro atoms. The number of morpholine rings is 1. The van der Waals surface area contributed by atoms with E-state index >= 15 is 0 Å². The quantitative estimate of drug-likeness (QED) is 0.815. The van der Waals surface area contributed by atoms with Gasteiger partial charge < -0.3 is 15.4 Å². The van der Waals surface area contributed by atoms with E-state index in [4.69, 9.17) is 22.7 Å². The molecular weight excluding hydrogens is 248 g/mol. The van der Waals surface area contributed by atoms with Crippen LogP contribution in [0.5, 0.6) is 0 Å². The number of benzene rings is 1. The second kappa shape index (κ2) is 5.46. The summed E-state index contributed by atoms with van der Waals surface area (Å²) in [6.45, 7) is 3.84. The third-order valence-corrected chi connectivity index (χ3v) is 3.18. The molecule has 1 atom stereocenters. The molecule has 5 heteroatoms. The molecule has 18 heavy (non-hydrogen) atoms. The van der Waals surface area contributed by atoms with Crippen molar-refractivity contribution in [3.63, 3.8) is 0 Å². The van der Waals surface area contributed by atoms with Crippen LogP contribution >= 0.6 is 12.2 Å². The third kappa shape index (κ3) is 2.86. The Morgan fingerprint density at radius 1 is 1.39 bits per heavy atom. The highest BCUT2D eigenvalue weighted by Gasteiger charge is 2.22. The Hall–Kier alpha value is -1.46. The molecule has 4 nitrogen and oxygen atoms in total. The number of amides is 1. The monoisotopic (exact) mass is 264 g/mol. The fraction of sp³-hybridized carbons (Fsp3) is 0.385. The van der Waals surface area contributed by atoms with Crippen LogP contribution in [0.25, 0.3) is 0 Å². The molecule has 0 aliphatic carbocycles. The topological polar surface area (TPSA) is 55.6 Å². The third-order valence-electron chi connectivity index (χ3n) is 2.94. The van der Waals surface area contributed by atoms with Crippen LogP contribution in [0.3, 0.4) is 0 Å². The van der Waals surface area contributed by atoms with Gasteiger partial charge in [0.25, 0.3) is 5.91 Å². The molecule has 1 aliphatic heterocycles. The maximum atomic E-state index is 12.2. The van der Waals surface area contributed by atoms with Gasteiger partial charge in [-0.1, -0.05) is 24.4 Å². The molecule has 1 aromatic rings. The van der Waals surface area contributed by atoms with Gasteiger partial charge in [-0.05, 0) is 19.1 Å².